The molecule has 1 aliphatic heterocycles. The maximum atomic E-state index is 12.8. The number of nitrogens with zero attached hydrogens (tertiary/aromatic N) is 4. The number of aromatic nitrogens is 2. The summed E-state index contributed by atoms with van der Waals surface area (Å²) in [4.78, 5) is 42.1. The Labute approximate surface area is 157 Å². The Hall–Kier alpha value is -3.26. The van der Waals surface area contributed by atoms with Crippen molar-refractivity contribution in [2.75, 3.05) is 13.1 Å². The molecular weight excluding hydrogens is 369 g/mol. The topological polar surface area (TPSA) is 123 Å². The van der Waals surface area contributed by atoms with E-state index in [-0.39, 0.29) is 23.6 Å². The van der Waals surface area contributed by atoms with Crippen LogP contribution in [0.25, 0.3) is 0 Å². The zero-order valence-corrected chi connectivity index (χ0v) is 15.4. The number of imide groups is 1. The Bertz CT molecular complexity index is 849. The van der Waals surface area contributed by atoms with Crippen molar-refractivity contribution in [2.45, 2.75) is 6.42 Å². The van der Waals surface area contributed by atoms with Crippen LogP contribution in [0.15, 0.2) is 43.0 Å². The minimum atomic E-state index is -0.568. The highest BCUT2D eigenvalue weighted by Gasteiger charge is 2.41. The van der Waals surface area contributed by atoms with E-state index in [0.29, 0.717) is 13.0 Å². The first-order valence-electron chi connectivity index (χ1n) is 8.11. The smallest absolute Gasteiger partial charge is 0.348 e. The van der Waals surface area contributed by atoms with Crippen LogP contribution in [0, 0.1) is 5.41 Å². The SMILES string of the molecule is N=C(NP)NCCCN(C(=O)n1ccnc1)N1C(=O)c2ccccc2C1=O. The second kappa shape index (κ2) is 7.96. The van der Waals surface area contributed by atoms with Crippen LogP contribution in [-0.2, 0) is 0 Å². The van der Waals surface area contributed by atoms with Gasteiger partial charge in [-0.05, 0) is 27.9 Å². The van der Waals surface area contributed by atoms with E-state index in [1.807, 2.05) is 0 Å². The number of fused-ring (bicyclic) bond motifs is 1. The van der Waals surface area contributed by atoms with Crippen molar-refractivity contribution < 1.29 is 14.4 Å². The van der Waals surface area contributed by atoms with Gasteiger partial charge in [-0.1, -0.05) is 12.1 Å². The van der Waals surface area contributed by atoms with Gasteiger partial charge in [0.25, 0.3) is 11.8 Å². The number of nitrogens with one attached hydrogen (secondary N) is 3. The quantitative estimate of drug-likeness (QED) is 0.228. The van der Waals surface area contributed by atoms with Crippen LogP contribution in [0.1, 0.15) is 27.1 Å². The number of hydrogen-bond acceptors (Lipinski definition) is 5. The monoisotopic (exact) mass is 387 g/mol. The maximum absolute atomic E-state index is 12.8. The fraction of sp³-hybridized carbons (Fsp3) is 0.188. The molecule has 3 rings (SSSR count). The molecule has 1 unspecified atom stereocenters. The highest BCUT2D eigenvalue weighted by molar-refractivity contribution is 7.15. The van der Waals surface area contributed by atoms with Crippen molar-refractivity contribution in [2.24, 2.45) is 0 Å². The third kappa shape index (κ3) is 3.65. The molecule has 2 heterocycles. The molecule has 0 aliphatic carbocycles. The number of carbonyl (C=O) groups excluding carboxylic acids is 3. The lowest BCUT2D eigenvalue weighted by Gasteiger charge is -2.29. The summed E-state index contributed by atoms with van der Waals surface area (Å²) in [6.45, 7) is 0.469. The second-order valence-corrected chi connectivity index (χ2v) is 5.93. The van der Waals surface area contributed by atoms with Crippen LogP contribution in [0.2, 0.25) is 0 Å². The predicted molar refractivity (Wildman–Crippen MR) is 99.9 cm³/mol. The molecule has 3 amide bonds. The minimum absolute atomic E-state index is 0.0968. The normalized spacial score (nSPS) is 12.7. The number of rotatable bonds is 5. The molecule has 1 atom stereocenters. The van der Waals surface area contributed by atoms with Crippen LogP contribution in [0.4, 0.5) is 4.79 Å². The number of imidazole rings is 1. The summed E-state index contributed by atoms with van der Waals surface area (Å²) in [6, 6.07) is 5.88. The molecule has 0 spiro atoms. The van der Waals surface area contributed by atoms with Crippen LogP contribution < -0.4 is 10.4 Å². The molecule has 0 bridgehead atoms. The van der Waals surface area contributed by atoms with Crippen LogP contribution in [0.3, 0.4) is 0 Å². The molecule has 140 valence electrons. The van der Waals surface area contributed by atoms with Gasteiger partial charge in [0.15, 0.2) is 5.96 Å². The molecule has 0 saturated heterocycles. The van der Waals surface area contributed by atoms with Crippen molar-refractivity contribution in [3.8, 4) is 0 Å². The number of carbonyl (C=O) groups is 3. The van der Waals surface area contributed by atoms with Crippen molar-refractivity contribution in [1.82, 2.24) is 30.0 Å². The van der Waals surface area contributed by atoms with Gasteiger partial charge in [-0.15, -0.1) is 0 Å². The van der Waals surface area contributed by atoms with E-state index in [9.17, 15) is 14.4 Å². The lowest BCUT2D eigenvalue weighted by molar-refractivity contribution is 0.0180. The average molecular weight is 387 g/mol. The number of hydrazine groups is 1. The van der Waals surface area contributed by atoms with Gasteiger partial charge in [-0.25, -0.2) is 14.8 Å². The largest absolute Gasteiger partial charge is 0.356 e. The molecule has 1 aromatic heterocycles. The van der Waals surface area contributed by atoms with Gasteiger partial charge in [0, 0.05) is 25.5 Å². The lowest BCUT2D eigenvalue weighted by Crippen LogP contribution is -2.51. The third-order valence-corrected chi connectivity index (χ3v) is 4.24. The molecule has 1 aliphatic rings. The van der Waals surface area contributed by atoms with Gasteiger partial charge < -0.3 is 10.4 Å². The molecule has 0 radical (unpaired) electrons. The Balaban J connectivity index is 1.82. The average Bonchev–Trinajstić information content (AvgIpc) is 3.30. The van der Waals surface area contributed by atoms with Gasteiger partial charge in [0.2, 0.25) is 0 Å². The summed E-state index contributed by atoms with van der Waals surface area (Å²) >= 11 is 0. The van der Waals surface area contributed by atoms with Crippen LogP contribution >= 0.6 is 9.39 Å². The highest BCUT2D eigenvalue weighted by Crippen LogP contribution is 2.24. The Kier molecular flexibility index (Phi) is 5.46. The minimum Gasteiger partial charge on any atom is -0.356 e. The fourth-order valence-corrected chi connectivity index (χ4v) is 2.78. The molecule has 1 aromatic carbocycles. The molecule has 11 heteroatoms. The summed E-state index contributed by atoms with van der Waals surface area (Å²) in [5, 5.41) is 14.8. The number of hydrogen-bond donors (Lipinski definition) is 3. The Morgan fingerprint density at radius 2 is 1.89 bits per heavy atom. The molecule has 3 N–H and O–H groups in total. The van der Waals surface area contributed by atoms with Gasteiger partial charge in [0.05, 0.1) is 11.1 Å². The van der Waals surface area contributed by atoms with Crippen LogP contribution in [0.5, 0.6) is 0 Å². The number of guanidine groups is 1. The van der Waals surface area contributed by atoms with Gasteiger partial charge in [0.1, 0.15) is 6.33 Å². The van der Waals surface area contributed by atoms with E-state index in [2.05, 4.69) is 24.8 Å². The molecule has 0 fully saturated rings. The molecular formula is C16H18N7O3P. The van der Waals surface area contributed by atoms with E-state index >= 15 is 0 Å². The molecule has 27 heavy (non-hydrogen) atoms. The zero-order chi connectivity index (χ0) is 19.4. The fourth-order valence-electron chi connectivity index (χ4n) is 2.68. The number of benzene rings is 1. The zero-order valence-electron chi connectivity index (χ0n) is 14.3. The van der Waals surface area contributed by atoms with Gasteiger partial charge in [-0.3, -0.25) is 19.6 Å². The summed E-state index contributed by atoms with van der Waals surface area (Å²) in [5.74, 6) is -0.985. The number of amides is 3. The van der Waals surface area contributed by atoms with E-state index in [1.165, 1.54) is 23.3 Å². The summed E-state index contributed by atoms with van der Waals surface area (Å²) in [6.07, 6.45) is 4.59. The van der Waals surface area contributed by atoms with Crippen molar-refractivity contribution >= 4 is 33.2 Å². The molecule has 10 nitrogen and oxygen atoms in total. The molecule has 0 saturated carbocycles. The van der Waals surface area contributed by atoms with Crippen LogP contribution in [-0.4, -0.2) is 56.5 Å². The van der Waals surface area contributed by atoms with E-state index in [0.717, 1.165) is 10.0 Å². The summed E-state index contributed by atoms with van der Waals surface area (Å²) < 4.78 is 1.20. The summed E-state index contributed by atoms with van der Waals surface area (Å²) in [5.41, 5.74) is 0.524. The molecule has 2 aromatic rings. The first-order chi connectivity index (χ1) is 13.0. The van der Waals surface area contributed by atoms with Gasteiger partial charge in [-0.2, -0.15) is 5.01 Å². The van der Waals surface area contributed by atoms with Gasteiger partial charge >= 0.3 is 6.03 Å². The van der Waals surface area contributed by atoms with E-state index in [1.54, 1.807) is 24.3 Å². The summed E-state index contributed by atoms with van der Waals surface area (Å²) in [7, 11) is 2.20. The van der Waals surface area contributed by atoms with Crippen molar-refractivity contribution in [1.29, 1.82) is 5.41 Å². The maximum Gasteiger partial charge on any atom is 0.348 e. The Morgan fingerprint density at radius 3 is 2.44 bits per heavy atom. The standard InChI is InChI=1S/C16H18N7O3P/c17-15(20-27)19-6-3-8-22(16(26)21-9-7-18-10-21)23-13(24)11-4-1-2-5-12(11)14(23)25/h1-2,4-5,7,9-10H,3,6,8,27H2,(H3,17,19,20). The highest BCUT2D eigenvalue weighted by atomic mass is 31.0. The van der Waals surface area contributed by atoms with Crippen molar-refractivity contribution in [3.05, 3.63) is 54.1 Å². The first-order valence-corrected chi connectivity index (χ1v) is 8.69. The third-order valence-electron chi connectivity index (χ3n) is 3.95. The Morgan fingerprint density at radius 1 is 1.22 bits per heavy atom. The van der Waals surface area contributed by atoms with E-state index < -0.39 is 17.8 Å². The lowest BCUT2D eigenvalue weighted by atomic mass is 10.1. The first kappa shape index (κ1) is 18.5. The van der Waals surface area contributed by atoms with E-state index in [4.69, 9.17) is 5.41 Å². The van der Waals surface area contributed by atoms with Crippen molar-refractivity contribution in [3.63, 3.8) is 0 Å². The second-order valence-electron chi connectivity index (χ2n) is 5.64. The predicted octanol–water partition coefficient (Wildman–Crippen LogP) is 0.659.